The molecule has 0 aromatic rings. The number of amides is 2. The van der Waals surface area contributed by atoms with E-state index in [1.807, 2.05) is 0 Å². The van der Waals surface area contributed by atoms with E-state index in [0.29, 0.717) is 24.6 Å². The molecule has 6 unspecified atom stereocenters. The van der Waals surface area contributed by atoms with Crippen LogP contribution in [-0.4, -0.2) is 56.4 Å². The van der Waals surface area contributed by atoms with Crippen molar-refractivity contribution in [1.29, 1.82) is 0 Å². The first-order valence-electron chi connectivity index (χ1n) is 9.78. The lowest BCUT2D eigenvalue weighted by Crippen LogP contribution is -2.68. The van der Waals surface area contributed by atoms with E-state index in [9.17, 15) is 4.79 Å². The first-order chi connectivity index (χ1) is 12.1. The number of urea groups is 1. The Balaban J connectivity index is 1.40. The second kappa shape index (κ2) is 9.14. The van der Waals surface area contributed by atoms with Crippen LogP contribution >= 0.6 is 0 Å². The Morgan fingerprint density at radius 3 is 2.92 bits per heavy atom. The molecule has 0 aromatic carbocycles. The van der Waals surface area contributed by atoms with E-state index in [1.165, 1.54) is 0 Å². The third-order valence-electron chi connectivity index (χ3n) is 5.52. The van der Waals surface area contributed by atoms with Crippen molar-refractivity contribution < 1.29 is 9.53 Å². The highest BCUT2D eigenvalue weighted by atomic mass is 16.5. The lowest BCUT2D eigenvalue weighted by molar-refractivity contribution is 0.0585. The van der Waals surface area contributed by atoms with Gasteiger partial charge in [0, 0.05) is 18.7 Å². The Kier molecular flexibility index (Phi) is 6.89. The Hall–Kier alpha value is -0.930. The number of fused-ring (bicyclic) bond motifs is 1. The summed E-state index contributed by atoms with van der Waals surface area (Å²) >= 11 is 0. The molecule has 1 saturated carbocycles. The number of carbonyl (C=O) groups excluding carboxylic acids is 1. The van der Waals surface area contributed by atoms with Gasteiger partial charge < -0.3 is 26.4 Å². The van der Waals surface area contributed by atoms with Gasteiger partial charge in [0.1, 0.15) is 6.29 Å². The number of rotatable bonds is 6. The van der Waals surface area contributed by atoms with Gasteiger partial charge >= 0.3 is 6.03 Å². The van der Waals surface area contributed by atoms with Crippen LogP contribution in [0.1, 0.15) is 45.4 Å². The second-order valence-electron chi connectivity index (χ2n) is 7.64. The van der Waals surface area contributed by atoms with Crippen LogP contribution in [0.2, 0.25) is 0 Å². The van der Waals surface area contributed by atoms with Gasteiger partial charge in [-0.15, -0.1) is 0 Å². The van der Waals surface area contributed by atoms with E-state index >= 15 is 0 Å². The number of carbonyl (C=O) groups is 1. The van der Waals surface area contributed by atoms with E-state index in [4.69, 9.17) is 10.5 Å². The molecule has 0 radical (unpaired) electrons. The molecule has 6 atom stereocenters. The predicted octanol–water partition coefficient (Wildman–Crippen LogP) is -0.237. The highest BCUT2D eigenvalue weighted by Crippen LogP contribution is 2.34. The molecule has 144 valence electrons. The van der Waals surface area contributed by atoms with Crippen molar-refractivity contribution in [2.45, 2.75) is 76.1 Å². The van der Waals surface area contributed by atoms with E-state index < -0.39 is 0 Å². The zero-order valence-electron chi connectivity index (χ0n) is 15.2. The maximum absolute atomic E-state index is 12.4. The number of hydrogen-bond donors (Lipinski definition) is 6. The first kappa shape index (κ1) is 18.8. The van der Waals surface area contributed by atoms with Crippen LogP contribution in [0, 0.1) is 5.92 Å². The van der Waals surface area contributed by atoms with Crippen LogP contribution in [0.5, 0.6) is 0 Å². The fourth-order valence-corrected chi connectivity index (χ4v) is 4.25. The number of hydrogen-bond acceptors (Lipinski definition) is 6. The molecular formula is C17H34N6O2. The van der Waals surface area contributed by atoms with Gasteiger partial charge in [0.15, 0.2) is 0 Å². The second-order valence-corrected chi connectivity index (χ2v) is 7.64. The normalized spacial score (nSPS) is 38.2. The zero-order chi connectivity index (χ0) is 17.6. The first-order valence-corrected chi connectivity index (χ1v) is 9.78. The minimum Gasteiger partial charge on any atom is -0.378 e. The summed E-state index contributed by atoms with van der Waals surface area (Å²) < 4.78 is 5.73. The molecule has 2 aliphatic heterocycles. The average Bonchev–Trinajstić information content (AvgIpc) is 3.02. The van der Waals surface area contributed by atoms with Crippen molar-refractivity contribution in [3.8, 4) is 0 Å². The maximum Gasteiger partial charge on any atom is 0.317 e. The van der Waals surface area contributed by atoms with Gasteiger partial charge in [-0.05, 0) is 64.5 Å². The molecule has 8 heteroatoms. The highest BCUT2D eigenvalue weighted by molar-refractivity contribution is 5.74. The largest absolute Gasteiger partial charge is 0.378 e. The van der Waals surface area contributed by atoms with Gasteiger partial charge in [0.05, 0.1) is 12.3 Å². The van der Waals surface area contributed by atoms with Gasteiger partial charge in [-0.2, -0.15) is 0 Å². The van der Waals surface area contributed by atoms with Crippen LogP contribution in [-0.2, 0) is 4.74 Å². The topological polar surface area (TPSA) is 112 Å². The molecule has 1 aliphatic carbocycles. The van der Waals surface area contributed by atoms with Crippen LogP contribution < -0.4 is 32.3 Å². The van der Waals surface area contributed by atoms with Gasteiger partial charge in [0.2, 0.25) is 0 Å². The smallest absolute Gasteiger partial charge is 0.317 e. The summed E-state index contributed by atoms with van der Waals surface area (Å²) in [6, 6.07) is 0.470. The lowest BCUT2D eigenvalue weighted by Gasteiger charge is -2.37. The average molecular weight is 354 g/mol. The summed E-state index contributed by atoms with van der Waals surface area (Å²) in [6.07, 6.45) is 6.50. The summed E-state index contributed by atoms with van der Waals surface area (Å²) in [5.74, 6) is 0.612. The van der Waals surface area contributed by atoms with Crippen molar-refractivity contribution >= 4 is 6.03 Å². The van der Waals surface area contributed by atoms with Crippen LogP contribution in [0.25, 0.3) is 0 Å². The van der Waals surface area contributed by atoms with Gasteiger partial charge in [-0.1, -0.05) is 0 Å². The van der Waals surface area contributed by atoms with Crippen molar-refractivity contribution in [2.75, 3.05) is 19.7 Å². The van der Waals surface area contributed by atoms with Crippen molar-refractivity contribution in [1.82, 2.24) is 26.6 Å². The third kappa shape index (κ3) is 5.52. The fourth-order valence-electron chi connectivity index (χ4n) is 4.25. The monoisotopic (exact) mass is 354 g/mol. The molecule has 3 fully saturated rings. The molecule has 0 spiro atoms. The number of nitrogens with two attached hydrogens (primary N) is 1. The molecule has 7 N–H and O–H groups in total. The fraction of sp³-hybridized carbons (Fsp3) is 0.941. The van der Waals surface area contributed by atoms with Crippen LogP contribution in [0.3, 0.4) is 0 Å². The summed E-state index contributed by atoms with van der Waals surface area (Å²) in [4.78, 5) is 12.4. The van der Waals surface area contributed by atoms with Gasteiger partial charge in [-0.3, -0.25) is 10.6 Å². The molecule has 0 bridgehead atoms. The van der Waals surface area contributed by atoms with E-state index in [2.05, 4.69) is 33.5 Å². The number of ether oxygens (including phenoxy) is 1. The summed E-state index contributed by atoms with van der Waals surface area (Å²) in [7, 11) is 0. The molecule has 2 amide bonds. The molecule has 2 heterocycles. The van der Waals surface area contributed by atoms with Crippen LogP contribution in [0.4, 0.5) is 4.79 Å². The number of nitrogens with one attached hydrogen (secondary N) is 5. The van der Waals surface area contributed by atoms with Crippen molar-refractivity contribution in [3.63, 3.8) is 0 Å². The third-order valence-corrected chi connectivity index (χ3v) is 5.52. The minimum atomic E-state index is -0.231. The van der Waals surface area contributed by atoms with E-state index in [0.717, 1.165) is 51.7 Å². The highest BCUT2D eigenvalue weighted by Gasteiger charge is 2.35. The van der Waals surface area contributed by atoms with Gasteiger partial charge in [-0.25, -0.2) is 4.79 Å². The quantitative estimate of drug-likeness (QED) is 0.367. The summed E-state index contributed by atoms with van der Waals surface area (Å²) in [6.45, 7) is 4.57. The Morgan fingerprint density at radius 1 is 1.20 bits per heavy atom. The zero-order valence-corrected chi connectivity index (χ0v) is 15.2. The minimum absolute atomic E-state index is 0.109. The van der Waals surface area contributed by atoms with E-state index in [-0.39, 0.29) is 24.5 Å². The summed E-state index contributed by atoms with van der Waals surface area (Å²) in [5.41, 5.74) is 5.54. The predicted molar refractivity (Wildman–Crippen MR) is 96.8 cm³/mol. The Morgan fingerprint density at radius 2 is 2.08 bits per heavy atom. The van der Waals surface area contributed by atoms with Crippen molar-refractivity contribution in [2.24, 2.45) is 11.7 Å². The molecular weight excluding hydrogens is 320 g/mol. The SMILES string of the molecule is CC1CC(NCCCN)NC(NC(=O)NC2CCC3OCCC3C2)N1. The standard InChI is InChI=1S/C17H34N6O2/c1-11-9-15(19-7-2-6-18)22-16(20-11)23-17(24)21-13-3-4-14-12(10-13)5-8-25-14/h11-16,19-20,22H,2-10,18H2,1H3,(H2,21,23,24). The maximum atomic E-state index is 12.4. The molecule has 0 aromatic heterocycles. The molecule has 8 nitrogen and oxygen atoms in total. The summed E-state index contributed by atoms with van der Waals surface area (Å²) in [5, 5.41) is 16.4. The Labute approximate surface area is 150 Å². The van der Waals surface area contributed by atoms with Gasteiger partial charge in [0.25, 0.3) is 0 Å². The molecule has 3 aliphatic rings. The lowest BCUT2D eigenvalue weighted by atomic mass is 9.83. The van der Waals surface area contributed by atoms with Crippen LogP contribution in [0.15, 0.2) is 0 Å². The molecule has 25 heavy (non-hydrogen) atoms. The van der Waals surface area contributed by atoms with Crippen molar-refractivity contribution in [3.05, 3.63) is 0 Å². The molecule has 2 saturated heterocycles. The molecule has 3 rings (SSSR count). The Bertz CT molecular complexity index is 437. The van der Waals surface area contributed by atoms with E-state index in [1.54, 1.807) is 0 Å².